The summed E-state index contributed by atoms with van der Waals surface area (Å²) < 4.78 is 1.99. The van der Waals surface area contributed by atoms with Crippen molar-refractivity contribution in [3.05, 3.63) is 11.8 Å². The maximum Gasteiger partial charge on any atom is 0.126 e. The zero-order valence-corrected chi connectivity index (χ0v) is 8.78. The molecule has 0 unspecified atom stereocenters. The van der Waals surface area contributed by atoms with E-state index in [1.165, 1.54) is 0 Å². The highest BCUT2D eigenvalue weighted by atomic mass is 15.4. The quantitative estimate of drug-likeness (QED) is 0.758. The van der Waals surface area contributed by atoms with Gasteiger partial charge in [0.1, 0.15) is 5.82 Å². The van der Waals surface area contributed by atoms with Crippen molar-refractivity contribution < 1.29 is 0 Å². The number of anilines is 1. The molecule has 4 nitrogen and oxygen atoms in total. The molecule has 1 aromatic rings. The van der Waals surface area contributed by atoms with Crippen LogP contribution in [0.4, 0.5) is 5.82 Å². The van der Waals surface area contributed by atoms with Crippen LogP contribution in [0.25, 0.3) is 0 Å². The molecule has 0 spiro atoms. The Kier molecular flexibility index (Phi) is 2.93. The Morgan fingerprint density at radius 3 is 2.46 bits per heavy atom. The molecule has 0 atom stereocenters. The van der Waals surface area contributed by atoms with Gasteiger partial charge in [0.25, 0.3) is 0 Å². The summed E-state index contributed by atoms with van der Waals surface area (Å²) in [6.07, 6.45) is 0. The summed E-state index contributed by atoms with van der Waals surface area (Å²) >= 11 is 0. The van der Waals surface area contributed by atoms with Gasteiger partial charge in [-0.3, -0.25) is 0 Å². The SMILES string of the molecule is CC(C)n1nc(CN)cc1N(C)C. The van der Waals surface area contributed by atoms with Crippen LogP contribution in [0.5, 0.6) is 0 Å². The lowest BCUT2D eigenvalue weighted by atomic mass is 10.4. The number of nitrogens with two attached hydrogens (primary N) is 1. The fourth-order valence-electron chi connectivity index (χ4n) is 1.25. The first-order valence-corrected chi connectivity index (χ1v) is 4.52. The summed E-state index contributed by atoms with van der Waals surface area (Å²) in [6, 6.07) is 2.40. The lowest BCUT2D eigenvalue weighted by Gasteiger charge is -2.16. The maximum atomic E-state index is 5.54. The molecule has 0 aliphatic rings. The average molecular weight is 182 g/mol. The van der Waals surface area contributed by atoms with Crippen molar-refractivity contribution in [1.29, 1.82) is 0 Å². The lowest BCUT2D eigenvalue weighted by Crippen LogP contribution is -2.16. The first kappa shape index (κ1) is 10.1. The summed E-state index contributed by atoms with van der Waals surface area (Å²) in [5, 5.41) is 4.40. The van der Waals surface area contributed by atoms with Crippen LogP contribution >= 0.6 is 0 Å². The van der Waals surface area contributed by atoms with Crippen LogP contribution in [-0.4, -0.2) is 23.9 Å². The van der Waals surface area contributed by atoms with Gasteiger partial charge in [-0.2, -0.15) is 5.10 Å². The molecule has 2 N–H and O–H groups in total. The van der Waals surface area contributed by atoms with Crippen molar-refractivity contribution in [2.45, 2.75) is 26.4 Å². The molecular weight excluding hydrogens is 164 g/mol. The molecule has 0 radical (unpaired) electrons. The molecule has 0 aliphatic carbocycles. The largest absolute Gasteiger partial charge is 0.363 e. The van der Waals surface area contributed by atoms with Gasteiger partial charge in [-0.15, -0.1) is 0 Å². The molecule has 0 amide bonds. The number of rotatable bonds is 3. The molecule has 13 heavy (non-hydrogen) atoms. The van der Waals surface area contributed by atoms with E-state index in [9.17, 15) is 0 Å². The van der Waals surface area contributed by atoms with E-state index in [0.717, 1.165) is 11.5 Å². The van der Waals surface area contributed by atoms with Gasteiger partial charge in [-0.25, -0.2) is 4.68 Å². The molecule has 1 aromatic heterocycles. The Balaban J connectivity index is 3.08. The summed E-state index contributed by atoms with van der Waals surface area (Å²) in [7, 11) is 4.02. The predicted molar refractivity (Wildman–Crippen MR) is 54.8 cm³/mol. The van der Waals surface area contributed by atoms with E-state index in [-0.39, 0.29) is 0 Å². The fraction of sp³-hybridized carbons (Fsp3) is 0.667. The minimum absolute atomic E-state index is 0.373. The number of aromatic nitrogens is 2. The zero-order chi connectivity index (χ0) is 10.0. The van der Waals surface area contributed by atoms with Crippen LogP contribution in [0.2, 0.25) is 0 Å². The third-order valence-electron chi connectivity index (χ3n) is 1.92. The number of hydrogen-bond acceptors (Lipinski definition) is 3. The summed E-state index contributed by atoms with van der Waals surface area (Å²) in [6.45, 7) is 4.72. The summed E-state index contributed by atoms with van der Waals surface area (Å²) in [5.41, 5.74) is 6.48. The highest BCUT2D eigenvalue weighted by Gasteiger charge is 2.10. The van der Waals surface area contributed by atoms with Crippen LogP contribution in [0, 0.1) is 0 Å². The van der Waals surface area contributed by atoms with E-state index < -0.39 is 0 Å². The van der Waals surface area contributed by atoms with Crippen LogP contribution in [0.1, 0.15) is 25.6 Å². The van der Waals surface area contributed by atoms with E-state index in [1.54, 1.807) is 0 Å². The van der Waals surface area contributed by atoms with Gasteiger partial charge >= 0.3 is 0 Å². The van der Waals surface area contributed by atoms with Crippen LogP contribution in [0.3, 0.4) is 0 Å². The van der Waals surface area contributed by atoms with Crippen molar-refractivity contribution in [2.75, 3.05) is 19.0 Å². The van der Waals surface area contributed by atoms with Crippen LogP contribution in [-0.2, 0) is 6.54 Å². The van der Waals surface area contributed by atoms with Crippen molar-refractivity contribution >= 4 is 5.82 Å². The molecule has 0 fully saturated rings. The van der Waals surface area contributed by atoms with Gasteiger partial charge in [0.2, 0.25) is 0 Å². The summed E-state index contributed by atoms with van der Waals surface area (Å²) in [5.74, 6) is 1.11. The Bertz CT molecular complexity index is 250. The molecule has 4 heteroatoms. The van der Waals surface area contributed by atoms with E-state index >= 15 is 0 Å². The van der Waals surface area contributed by atoms with E-state index in [0.29, 0.717) is 12.6 Å². The Morgan fingerprint density at radius 1 is 1.54 bits per heavy atom. The molecule has 1 heterocycles. The number of hydrogen-bond donors (Lipinski definition) is 1. The van der Waals surface area contributed by atoms with E-state index in [1.807, 2.05) is 29.7 Å². The molecule has 0 aromatic carbocycles. The van der Waals surface area contributed by atoms with E-state index in [2.05, 4.69) is 18.9 Å². The highest BCUT2D eigenvalue weighted by Crippen LogP contribution is 2.18. The minimum atomic E-state index is 0.373. The molecule has 0 saturated carbocycles. The molecule has 74 valence electrons. The lowest BCUT2D eigenvalue weighted by molar-refractivity contribution is 0.526. The van der Waals surface area contributed by atoms with Gasteiger partial charge in [0.15, 0.2) is 0 Å². The van der Waals surface area contributed by atoms with E-state index in [4.69, 9.17) is 5.73 Å². The van der Waals surface area contributed by atoms with Gasteiger partial charge in [-0.1, -0.05) is 0 Å². The topological polar surface area (TPSA) is 47.1 Å². The minimum Gasteiger partial charge on any atom is -0.363 e. The summed E-state index contributed by atoms with van der Waals surface area (Å²) in [4.78, 5) is 2.05. The van der Waals surface area contributed by atoms with Crippen molar-refractivity contribution in [1.82, 2.24) is 9.78 Å². The normalized spacial score (nSPS) is 10.9. The average Bonchev–Trinajstić information content (AvgIpc) is 2.47. The molecule has 0 bridgehead atoms. The van der Waals surface area contributed by atoms with Crippen molar-refractivity contribution in [3.63, 3.8) is 0 Å². The third-order valence-corrected chi connectivity index (χ3v) is 1.92. The van der Waals surface area contributed by atoms with Crippen LogP contribution < -0.4 is 10.6 Å². The van der Waals surface area contributed by atoms with Gasteiger partial charge in [0.05, 0.1) is 5.69 Å². The molecule has 0 aliphatic heterocycles. The van der Waals surface area contributed by atoms with Gasteiger partial charge < -0.3 is 10.6 Å². The Morgan fingerprint density at radius 2 is 2.15 bits per heavy atom. The van der Waals surface area contributed by atoms with Gasteiger partial charge in [-0.05, 0) is 13.8 Å². The maximum absolute atomic E-state index is 5.54. The van der Waals surface area contributed by atoms with Crippen molar-refractivity contribution in [2.24, 2.45) is 5.73 Å². The third kappa shape index (κ3) is 2.01. The second kappa shape index (κ2) is 3.79. The monoisotopic (exact) mass is 182 g/mol. The first-order valence-electron chi connectivity index (χ1n) is 4.52. The first-order chi connectivity index (χ1) is 6.06. The van der Waals surface area contributed by atoms with Crippen LogP contribution in [0.15, 0.2) is 6.07 Å². The second-order valence-corrected chi connectivity index (χ2v) is 3.63. The number of nitrogens with zero attached hydrogens (tertiary/aromatic N) is 3. The molecule has 1 rings (SSSR count). The Labute approximate surface area is 79.3 Å². The standard InChI is InChI=1S/C9H18N4/c1-7(2)13-9(12(3)4)5-8(6-10)11-13/h5,7H,6,10H2,1-4H3. The predicted octanol–water partition coefficient (Wildman–Crippen LogP) is 0.989. The van der Waals surface area contributed by atoms with Gasteiger partial charge in [0, 0.05) is 32.7 Å². The molecular formula is C9H18N4. The highest BCUT2D eigenvalue weighted by molar-refractivity contribution is 5.39. The fourth-order valence-corrected chi connectivity index (χ4v) is 1.25. The second-order valence-electron chi connectivity index (χ2n) is 3.63. The van der Waals surface area contributed by atoms with Crippen molar-refractivity contribution in [3.8, 4) is 0 Å². The Hall–Kier alpha value is -1.03. The smallest absolute Gasteiger partial charge is 0.126 e. The zero-order valence-electron chi connectivity index (χ0n) is 8.78. The molecule has 0 saturated heterocycles.